The van der Waals surface area contributed by atoms with E-state index in [1.807, 2.05) is 4.90 Å². The maximum atomic E-state index is 13.6. The van der Waals surface area contributed by atoms with E-state index in [9.17, 15) is 9.90 Å². The van der Waals surface area contributed by atoms with Crippen LogP contribution in [-0.4, -0.2) is 77.1 Å². The van der Waals surface area contributed by atoms with E-state index in [2.05, 4.69) is 42.1 Å². The van der Waals surface area contributed by atoms with E-state index in [1.165, 1.54) is 0 Å². The van der Waals surface area contributed by atoms with Gasteiger partial charge in [-0.1, -0.05) is 6.92 Å². The number of carbonyl (C=O) groups excluding carboxylic acids is 1. The van der Waals surface area contributed by atoms with E-state index >= 15 is 0 Å². The second-order valence-electron chi connectivity index (χ2n) is 8.88. The van der Waals surface area contributed by atoms with Gasteiger partial charge in [0, 0.05) is 56.7 Å². The van der Waals surface area contributed by atoms with Crippen molar-refractivity contribution in [3.8, 4) is 0 Å². The molecule has 1 aliphatic heterocycles. The Hall–Kier alpha value is -2.00. The van der Waals surface area contributed by atoms with Crippen LogP contribution in [0.3, 0.4) is 0 Å². The Balaban J connectivity index is 1.61. The second-order valence-corrected chi connectivity index (χ2v) is 8.88. The van der Waals surface area contributed by atoms with E-state index in [0.717, 1.165) is 48.1 Å². The van der Waals surface area contributed by atoms with Gasteiger partial charge >= 0.3 is 0 Å². The van der Waals surface area contributed by atoms with E-state index in [4.69, 9.17) is 14.5 Å². The molecule has 8 heteroatoms. The van der Waals surface area contributed by atoms with Crippen molar-refractivity contribution < 1.29 is 19.4 Å². The van der Waals surface area contributed by atoms with Gasteiger partial charge in [-0.15, -0.1) is 0 Å². The number of aromatic nitrogens is 2. The molecule has 3 atom stereocenters. The Morgan fingerprint density at radius 3 is 2.94 bits per heavy atom. The topological polar surface area (TPSA) is 88.9 Å². The molecule has 4 rings (SSSR count). The summed E-state index contributed by atoms with van der Waals surface area (Å²) in [5.41, 5.74) is 3.08. The molecule has 2 aromatic heterocycles. The number of fused-ring (bicyclic) bond motifs is 1. The van der Waals surface area contributed by atoms with Gasteiger partial charge in [0.05, 0.1) is 30.0 Å². The minimum atomic E-state index is -0.505. The number of pyridine rings is 1. The fourth-order valence-corrected chi connectivity index (χ4v) is 4.68. The second kappa shape index (κ2) is 10.3. The van der Waals surface area contributed by atoms with E-state index in [1.54, 1.807) is 7.11 Å². The minimum Gasteiger partial charge on any atom is -0.396 e. The maximum absolute atomic E-state index is 13.6. The molecule has 2 N–H and O–H groups in total. The van der Waals surface area contributed by atoms with Gasteiger partial charge in [0.25, 0.3) is 5.91 Å². The van der Waals surface area contributed by atoms with E-state index in [0.29, 0.717) is 26.1 Å². The standard InChI is InChI=1S/C24H36N4O4/c1-4-20-19-8-10-27(9-5-11-29)22(19)12-21(26-20)16(2)28(17-6-7-17)24(30)23-14-25-13-18(32-23)15-31-3/h8,10,12,16-18,23,25,29H,4-7,9,11,13-15H2,1-3H3/t16-,18+,23-/m1/s1. The molecule has 8 nitrogen and oxygen atoms in total. The van der Waals surface area contributed by atoms with Gasteiger partial charge in [-0.2, -0.15) is 0 Å². The highest BCUT2D eigenvalue weighted by atomic mass is 16.5. The average molecular weight is 445 g/mol. The van der Waals surface area contributed by atoms with Crippen LogP contribution < -0.4 is 5.32 Å². The summed E-state index contributed by atoms with van der Waals surface area (Å²) in [6.45, 7) is 6.80. The highest BCUT2D eigenvalue weighted by molar-refractivity contribution is 5.84. The van der Waals surface area contributed by atoms with Crippen LogP contribution >= 0.6 is 0 Å². The number of nitrogens with zero attached hydrogens (tertiary/aromatic N) is 3. The zero-order chi connectivity index (χ0) is 22.7. The van der Waals surface area contributed by atoms with Gasteiger partial charge in [-0.05, 0) is 44.7 Å². The fourth-order valence-electron chi connectivity index (χ4n) is 4.68. The molecule has 0 bridgehead atoms. The summed E-state index contributed by atoms with van der Waals surface area (Å²) in [4.78, 5) is 20.6. The molecule has 0 aromatic carbocycles. The molecule has 176 valence electrons. The third kappa shape index (κ3) is 4.83. The molecule has 32 heavy (non-hydrogen) atoms. The monoisotopic (exact) mass is 444 g/mol. The number of nitrogens with one attached hydrogen (secondary N) is 1. The lowest BCUT2D eigenvalue weighted by molar-refractivity contribution is -0.156. The number of hydrogen-bond acceptors (Lipinski definition) is 6. The first-order valence-corrected chi connectivity index (χ1v) is 11.8. The molecule has 1 saturated carbocycles. The Morgan fingerprint density at radius 2 is 2.25 bits per heavy atom. The summed E-state index contributed by atoms with van der Waals surface area (Å²) in [5.74, 6) is 0.0314. The van der Waals surface area contributed by atoms with Crippen LogP contribution in [0.25, 0.3) is 10.9 Å². The third-order valence-corrected chi connectivity index (χ3v) is 6.48. The van der Waals surface area contributed by atoms with Gasteiger partial charge in [0.15, 0.2) is 0 Å². The first-order chi connectivity index (χ1) is 15.6. The van der Waals surface area contributed by atoms with Gasteiger partial charge in [-0.25, -0.2) is 0 Å². The molecule has 0 unspecified atom stereocenters. The van der Waals surface area contributed by atoms with Crippen molar-refractivity contribution >= 4 is 16.8 Å². The Labute approximate surface area is 189 Å². The Bertz CT molecular complexity index is 924. The normalized spacial score (nSPS) is 22.2. The average Bonchev–Trinajstić information content (AvgIpc) is 3.56. The van der Waals surface area contributed by atoms with Gasteiger partial charge in [-0.3, -0.25) is 9.78 Å². The number of aliphatic hydroxyl groups excluding tert-OH is 1. The molecule has 0 spiro atoms. The van der Waals surface area contributed by atoms with Gasteiger partial charge in [0.2, 0.25) is 0 Å². The van der Waals surface area contributed by atoms with Crippen molar-refractivity contribution in [2.45, 2.75) is 70.4 Å². The number of amides is 1. The largest absolute Gasteiger partial charge is 0.396 e. The summed E-state index contributed by atoms with van der Waals surface area (Å²) in [7, 11) is 1.65. The predicted octanol–water partition coefficient (Wildman–Crippen LogP) is 2.04. The molecular formula is C24H36N4O4. The van der Waals surface area contributed by atoms with Crippen molar-refractivity contribution in [2.75, 3.05) is 33.4 Å². The van der Waals surface area contributed by atoms with Crippen LogP contribution in [-0.2, 0) is 27.2 Å². The Kier molecular flexibility index (Phi) is 7.45. The molecule has 2 aromatic rings. The zero-order valence-corrected chi connectivity index (χ0v) is 19.4. The van der Waals surface area contributed by atoms with E-state index < -0.39 is 6.10 Å². The smallest absolute Gasteiger partial charge is 0.253 e. The highest BCUT2D eigenvalue weighted by Crippen LogP contribution is 2.36. The van der Waals surface area contributed by atoms with Crippen molar-refractivity contribution in [1.82, 2.24) is 19.8 Å². The number of morpholine rings is 1. The van der Waals surface area contributed by atoms with Crippen molar-refractivity contribution in [3.05, 3.63) is 29.7 Å². The van der Waals surface area contributed by atoms with Crippen LogP contribution in [0, 0.1) is 0 Å². The lowest BCUT2D eigenvalue weighted by Gasteiger charge is -2.36. The van der Waals surface area contributed by atoms with Crippen molar-refractivity contribution in [3.63, 3.8) is 0 Å². The summed E-state index contributed by atoms with van der Waals surface area (Å²) >= 11 is 0. The summed E-state index contributed by atoms with van der Waals surface area (Å²) < 4.78 is 13.5. The number of carbonyl (C=O) groups is 1. The summed E-state index contributed by atoms with van der Waals surface area (Å²) in [6, 6.07) is 4.33. The SMILES string of the molecule is CCc1nc([C@@H](C)N(C(=O)[C@H]2CNC[C@@H](COC)O2)C2CC2)cc2c1ccn2CCCO. The predicted molar refractivity (Wildman–Crippen MR) is 123 cm³/mol. The van der Waals surface area contributed by atoms with Crippen LogP contribution in [0.4, 0.5) is 0 Å². The van der Waals surface area contributed by atoms with Gasteiger partial charge in [0.1, 0.15) is 6.10 Å². The number of methoxy groups -OCH3 is 1. The molecule has 1 saturated heterocycles. The molecular weight excluding hydrogens is 408 g/mol. The quantitative estimate of drug-likeness (QED) is 0.583. The number of ether oxygens (including phenoxy) is 2. The number of aryl methyl sites for hydroxylation is 2. The highest BCUT2D eigenvalue weighted by Gasteiger charge is 2.41. The molecule has 0 radical (unpaired) electrons. The first kappa shape index (κ1) is 23.2. The van der Waals surface area contributed by atoms with Crippen LogP contribution in [0.15, 0.2) is 18.3 Å². The van der Waals surface area contributed by atoms with Crippen molar-refractivity contribution in [1.29, 1.82) is 0 Å². The zero-order valence-electron chi connectivity index (χ0n) is 19.4. The molecule has 3 heterocycles. The fraction of sp³-hybridized carbons (Fsp3) is 0.667. The molecule has 2 aliphatic rings. The minimum absolute atomic E-state index is 0.0314. The number of rotatable bonds is 10. The number of hydrogen-bond donors (Lipinski definition) is 2. The number of aliphatic hydroxyl groups is 1. The van der Waals surface area contributed by atoms with Crippen LogP contribution in [0.1, 0.15) is 50.5 Å². The molecule has 1 aliphatic carbocycles. The van der Waals surface area contributed by atoms with E-state index in [-0.39, 0.29) is 30.7 Å². The molecule has 1 amide bonds. The molecule has 2 fully saturated rings. The lowest BCUT2D eigenvalue weighted by Crippen LogP contribution is -2.54. The van der Waals surface area contributed by atoms with Crippen molar-refractivity contribution in [2.24, 2.45) is 0 Å². The lowest BCUT2D eigenvalue weighted by atomic mass is 10.1. The summed E-state index contributed by atoms with van der Waals surface area (Å²) in [6.07, 6.45) is 5.02. The van der Waals surface area contributed by atoms with Gasteiger partial charge < -0.3 is 29.4 Å². The van der Waals surface area contributed by atoms with Crippen LogP contribution in [0.5, 0.6) is 0 Å². The first-order valence-electron chi connectivity index (χ1n) is 11.8. The maximum Gasteiger partial charge on any atom is 0.253 e. The summed E-state index contributed by atoms with van der Waals surface area (Å²) in [5, 5.41) is 13.7. The Morgan fingerprint density at radius 1 is 1.44 bits per heavy atom. The third-order valence-electron chi connectivity index (χ3n) is 6.48. The van der Waals surface area contributed by atoms with Crippen LogP contribution in [0.2, 0.25) is 0 Å².